The Balaban J connectivity index is 2.70. The summed E-state index contributed by atoms with van der Waals surface area (Å²) in [5, 5.41) is 4.61. The van der Waals surface area contributed by atoms with Crippen molar-refractivity contribution in [1.29, 1.82) is 0 Å². The van der Waals surface area contributed by atoms with Crippen molar-refractivity contribution in [3.8, 4) is 0 Å². The first-order valence-corrected chi connectivity index (χ1v) is 9.76. The molecule has 1 saturated heterocycles. The Bertz CT molecular complexity index is 400. The molecule has 7 heteroatoms. The molecule has 0 aromatic rings. The molecule has 0 aromatic heterocycles. The number of ether oxygens (including phenoxy) is 1. The molecule has 0 radical (unpaired) electrons. The van der Waals surface area contributed by atoms with Gasteiger partial charge in [-0.2, -0.15) is 0 Å². The second-order valence-corrected chi connectivity index (χ2v) is 6.52. The smallest absolute Gasteiger partial charge is 0.243 e. The molecule has 1 heterocycles. The van der Waals surface area contributed by atoms with Crippen molar-refractivity contribution in [2.75, 3.05) is 26.4 Å². The van der Waals surface area contributed by atoms with E-state index in [2.05, 4.69) is 48.3 Å². The zero-order valence-corrected chi connectivity index (χ0v) is 16.3. The van der Waals surface area contributed by atoms with E-state index < -0.39 is 0 Å². The van der Waals surface area contributed by atoms with Crippen LogP contribution in [0.5, 0.6) is 0 Å². The van der Waals surface area contributed by atoms with E-state index in [-0.39, 0.29) is 24.1 Å². The predicted octanol–water partition coefficient (Wildman–Crippen LogP) is 1.84. The van der Waals surface area contributed by atoms with Crippen LogP contribution in [0.25, 0.3) is 0 Å². The molecule has 0 bridgehead atoms. The fraction of sp³-hybridized carbons (Fsp3) is 0.889. The average Bonchev–Trinajstić information content (AvgIpc) is 2.57. The highest BCUT2D eigenvalue weighted by molar-refractivity contribution is 6.00. The molecular weight excluding hydrogens is 320 g/mol. The van der Waals surface area contributed by atoms with E-state index >= 15 is 0 Å². The number of nitrogens with zero attached hydrogens (tertiary/aromatic N) is 2. The SMILES string of the molecule is CCCC(OCN(CCC)C1CCC(=O)NC1=O)N(CCC)NCC. The molecule has 2 unspecified atom stereocenters. The zero-order chi connectivity index (χ0) is 18.7. The lowest BCUT2D eigenvalue weighted by Gasteiger charge is -2.36. The Kier molecular flexibility index (Phi) is 10.9. The van der Waals surface area contributed by atoms with Gasteiger partial charge < -0.3 is 4.74 Å². The first kappa shape index (κ1) is 22.0. The minimum Gasteiger partial charge on any atom is -0.347 e. The first-order chi connectivity index (χ1) is 12.1. The van der Waals surface area contributed by atoms with Gasteiger partial charge >= 0.3 is 0 Å². The van der Waals surface area contributed by atoms with Gasteiger partial charge in [0, 0.05) is 26.1 Å². The van der Waals surface area contributed by atoms with Crippen LogP contribution in [-0.4, -0.2) is 60.4 Å². The molecule has 1 aliphatic heterocycles. The number of rotatable bonds is 13. The van der Waals surface area contributed by atoms with Crippen LogP contribution in [0.3, 0.4) is 0 Å². The lowest BCUT2D eigenvalue weighted by molar-refractivity contribution is -0.149. The van der Waals surface area contributed by atoms with Crippen molar-refractivity contribution in [2.45, 2.75) is 78.5 Å². The van der Waals surface area contributed by atoms with Gasteiger partial charge in [0.25, 0.3) is 0 Å². The maximum atomic E-state index is 12.2. The van der Waals surface area contributed by atoms with Crippen LogP contribution in [0.1, 0.15) is 66.2 Å². The second-order valence-electron chi connectivity index (χ2n) is 6.52. The molecule has 0 aliphatic carbocycles. The van der Waals surface area contributed by atoms with Gasteiger partial charge in [0.05, 0.1) is 6.04 Å². The van der Waals surface area contributed by atoms with Crippen molar-refractivity contribution in [2.24, 2.45) is 0 Å². The summed E-state index contributed by atoms with van der Waals surface area (Å²) in [7, 11) is 0. The Labute approximate surface area is 152 Å². The minimum absolute atomic E-state index is 0.0162. The number of hydrogen-bond acceptors (Lipinski definition) is 6. The number of amides is 2. The van der Waals surface area contributed by atoms with Gasteiger partial charge in [-0.25, -0.2) is 5.01 Å². The lowest BCUT2D eigenvalue weighted by Crippen LogP contribution is -2.54. The van der Waals surface area contributed by atoms with Crippen molar-refractivity contribution in [1.82, 2.24) is 20.7 Å². The fourth-order valence-corrected chi connectivity index (χ4v) is 3.15. The molecule has 1 rings (SSSR count). The molecule has 2 atom stereocenters. The third-order valence-corrected chi connectivity index (χ3v) is 4.30. The van der Waals surface area contributed by atoms with Gasteiger partial charge in [-0.15, -0.1) is 0 Å². The van der Waals surface area contributed by atoms with Gasteiger partial charge in [0.2, 0.25) is 11.8 Å². The summed E-state index contributed by atoms with van der Waals surface area (Å²) in [5.74, 6) is -0.374. The number of imide groups is 1. The monoisotopic (exact) mass is 356 g/mol. The fourth-order valence-electron chi connectivity index (χ4n) is 3.15. The van der Waals surface area contributed by atoms with Gasteiger partial charge in [0.1, 0.15) is 13.0 Å². The highest BCUT2D eigenvalue weighted by Crippen LogP contribution is 2.15. The Morgan fingerprint density at radius 3 is 2.44 bits per heavy atom. The highest BCUT2D eigenvalue weighted by atomic mass is 16.5. The van der Waals surface area contributed by atoms with E-state index in [1.165, 1.54) is 0 Å². The van der Waals surface area contributed by atoms with Crippen molar-refractivity contribution in [3.05, 3.63) is 0 Å². The van der Waals surface area contributed by atoms with Crippen LogP contribution in [0, 0.1) is 0 Å². The minimum atomic E-state index is -0.279. The van der Waals surface area contributed by atoms with Crippen molar-refractivity contribution in [3.63, 3.8) is 0 Å². The van der Waals surface area contributed by atoms with Crippen molar-refractivity contribution < 1.29 is 14.3 Å². The van der Waals surface area contributed by atoms with E-state index in [4.69, 9.17) is 4.74 Å². The first-order valence-electron chi connectivity index (χ1n) is 9.76. The van der Waals surface area contributed by atoms with Crippen LogP contribution >= 0.6 is 0 Å². The van der Waals surface area contributed by atoms with Crippen LogP contribution in [0.15, 0.2) is 0 Å². The van der Waals surface area contributed by atoms with E-state index in [0.29, 0.717) is 19.6 Å². The van der Waals surface area contributed by atoms with Crippen LogP contribution in [-0.2, 0) is 14.3 Å². The van der Waals surface area contributed by atoms with Gasteiger partial charge in [-0.05, 0) is 25.7 Å². The number of carbonyl (C=O) groups is 2. The Morgan fingerprint density at radius 2 is 1.88 bits per heavy atom. The summed E-state index contributed by atoms with van der Waals surface area (Å²) in [5.41, 5.74) is 3.38. The summed E-state index contributed by atoms with van der Waals surface area (Å²) in [6.45, 7) is 11.4. The average molecular weight is 357 g/mol. The molecule has 0 aromatic carbocycles. The molecule has 1 fully saturated rings. The molecule has 0 spiro atoms. The largest absolute Gasteiger partial charge is 0.347 e. The third kappa shape index (κ3) is 7.40. The Morgan fingerprint density at radius 1 is 1.16 bits per heavy atom. The zero-order valence-electron chi connectivity index (χ0n) is 16.3. The number of hydrogen-bond donors (Lipinski definition) is 2. The second kappa shape index (κ2) is 12.4. The number of nitrogens with one attached hydrogen (secondary N) is 2. The Hall–Kier alpha value is -1.02. The van der Waals surface area contributed by atoms with E-state index in [1.807, 2.05) is 0 Å². The molecule has 25 heavy (non-hydrogen) atoms. The van der Waals surface area contributed by atoms with Gasteiger partial charge in [-0.1, -0.05) is 34.1 Å². The van der Waals surface area contributed by atoms with Gasteiger partial charge in [0.15, 0.2) is 0 Å². The predicted molar refractivity (Wildman–Crippen MR) is 98.5 cm³/mol. The highest BCUT2D eigenvalue weighted by Gasteiger charge is 2.32. The number of carbonyl (C=O) groups excluding carboxylic acids is 2. The van der Waals surface area contributed by atoms with Crippen molar-refractivity contribution >= 4 is 11.8 Å². The summed E-state index contributed by atoms with van der Waals surface area (Å²) >= 11 is 0. The number of hydrazine groups is 1. The standard InChI is InChI=1S/C18H36N4O3/c1-5-9-17(22(13-7-3)19-8-4)25-14-21(12-6-2)15-10-11-16(23)20-18(15)24/h15,17,19H,5-14H2,1-4H3,(H,20,23,24). The maximum absolute atomic E-state index is 12.2. The molecule has 2 amide bonds. The van der Waals surface area contributed by atoms with Crippen LogP contribution < -0.4 is 10.7 Å². The summed E-state index contributed by atoms with van der Waals surface area (Å²) in [6, 6.07) is -0.279. The molecule has 1 aliphatic rings. The van der Waals surface area contributed by atoms with Crippen LogP contribution in [0.4, 0.5) is 0 Å². The molecule has 2 N–H and O–H groups in total. The third-order valence-electron chi connectivity index (χ3n) is 4.30. The van der Waals surface area contributed by atoms with E-state index in [9.17, 15) is 9.59 Å². The normalized spacial score (nSPS) is 19.5. The summed E-state index contributed by atoms with van der Waals surface area (Å²) in [6.07, 6.45) is 4.89. The van der Waals surface area contributed by atoms with E-state index in [0.717, 1.165) is 45.3 Å². The maximum Gasteiger partial charge on any atom is 0.243 e. The quantitative estimate of drug-likeness (QED) is 0.298. The lowest BCUT2D eigenvalue weighted by atomic mass is 10.0. The molecule has 0 saturated carbocycles. The molecule has 146 valence electrons. The summed E-state index contributed by atoms with van der Waals surface area (Å²) in [4.78, 5) is 25.6. The number of piperidine rings is 1. The molecule has 7 nitrogen and oxygen atoms in total. The van der Waals surface area contributed by atoms with Crippen LogP contribution in [0.2, 0.25) is 0 Å². The topological polar surface area (TPSA) is 73.9 Å². The van der Waals surface area contributed by atoms with E-state index in [1.54, 1.807) is 0 Å². The molecular formula is C18H36N4O3. The summed E-state index contributed by atoms with van der Waals surface area (Å²) < 4.78 is 6.22. The van der Waals surface area contributed by atoms with Gasteiger partial charge in [-0.3, -0.25) is 25.2 Å².